The van der Waals surface area contributed by atoms with Crippen LogP contribution in [-0.2, 0) is 11.0 Å². The zero-order valence-electron chi connectivity index (χ0n) is 15.5. The smallest absolute Gasteiger partial charge is 0.355 e. The Labute approximate surface area is 170 Å². The van der Waals surface area contributed by atoms with Crippen LogP contribution in [-0.4, -0.2) is 37.5 Å². The van der Waals surface area contributed by atoms with Gasteiger partial charge in [0.1, 0.15) is 0 Å². The number of likely N-dealkylation sites (tertiary alicyclic amines) is 1. The van der Waals surface area contributed by atoms with Gasteiger partial charge in [-0.1, -0.05) is 19.1 Å². The predicted molar refractivity (Wildman–Crippen MR) is 105 cm³/mol. The average molecular weight is 430 g/mol. The van der Waals surface area contributed by atoms with Crippen LogP contribution in [0, 0.1) is 11.8 Å². The Balaban J connectivity index is 0.00000338. The van der Waals surface area contributed by atoms with Crippen molar-refractivity contribution in [2.24, 2.45) is 17.6 Å². The summed E-state index contributed by atoms with van der Waals surface area (Å²) in [5.74, 6) is -0.169. The number of nitrogens with one attached hydrogen (secondary N) is 1. The van der Waals surface area contributed by atoms with Gasteiger partial charge in [0.2, 0.25) is 5.91 Å². The van der Waals surface area contributed by atoms with Crippen LogP contribution in [0.25, 0.3) is 0 Å². The number of amides is 1. The highest BCUT2D eigenvalue weighted by Crippen LogP contribution is 2.36. The van der Waals surface area contributed by atoms with Gasteiger partial charge >= 0.3 is 6.18 Å². The van der Waals surface area contributed by atoms with Gasteiger partial charge in [0, 0.05) is 25.0 Å². The van der Waals surface area contributed by atoms with Crippen molar-refractivity contribution in [2.45, 2.75) is 32.0 Å². The highest BCUT2D eigenvalue weighted by atomic mass is 35.5. The van der Waals surface area contributed by atoms with E-state index < -0.39 is 11.7 Å². The van der Waals surface area contributed by atoms with Crippen molar-refractivity contribution in [1.82, 2.24) is 10.2 Å². The summed E-state index contributed by atoms with van der Waals surface area (Å²) in [6, 6.07) is 5.34. The minimum absolute atomic E-state index is 0. The van der Waals surface area contributed by atoms with Crippen molar-refractivity contribution >= 4 is 30.7 Å². The van der Waals surface area contributed by atoms with Gasteiger partial charge in [-0.2, -0.15) is 13.2 Å². The van der Waals surface area contributed by atoms with Crippen LogP contribution in [0.5, 0.6) is 0 Å². The highest BCUT2D eigenvalue weighted by molar-refractivity contribution is 5.85. The fourth-order valence-electron chi connectivity index (χ4n) is 3.38. The first-order chi connectivity index (χ1) is 11.7. The fourth-order valence-corrected chi connectivity index (χ4v) is 3.38. The van der Waals surface area contributed by atoms with Crippen molar-refractivity contribution in [2.75, 3.05) is 26.7 Å². The van der Waals surface area contributed by atoms with Gasteiger partial charge in [-0.15, -0.1) is 24.8 Å². The number of halogens is 5. The fraction of sp³-hybridized carbons (Fsp3) is 0.611. The topological polar surface area (TPSA) is 58.4 Å². The van der Waals surface area contributed by atoms with E-state index >= 15 is 0 Å². The molecule has 1 aliphatic rings. The Hall–Kier alpha value is -1.02. The summed E-state index contributed by atoms with van der Waals surface area (Å²) in [7, 11) is 1.97. The Morgan fingerprint density at radius 1 is 1.30 bits per heavy atom. The van der Waals surface area contributed by atoms with E-state index in [0.717, 1.165) is 37.1 Å². The maximum Gasteiger partial charge on any atom is 0.416 e. The molecule has 4 nitrogen and oxygen atoms in total. The molecule has 3 atom stereocenters. The monoisotopic (exact) mass is 429 g/mol. The molecule has 9 heteroatoms. The molecule has 27 heavy (non-hydrogen) atoms. The Morgan fingerprint density at radius 2 is 1.89 bits per heavy atom. The number of hydrogen-bond donors (Lipinski definition) is 2. The minimum atomic E-state index is -4.33. The van der Waals surface area contributed by atoms with Gasteiger partial charge in [-0.05, 0) is 50.0 Å². The number of alkyl halides is 3. The van der Waals surface area contributed by atoms with E-state index in [2.05, 4.69) is 10.2 Å². The Morgan fingerprint density at radius 3 is 2.41 bits per heavy atom. The lowest BCUT2D eigenvalue weighted by atomic mass is 9.84. The second-order valence-corrected chi connectivity index (χ2v) is 6.83. The molecule has 0 bridgehead atoms. The van der Waals surface area contributed by atoms with Gasteiger partial charge in [0.05, 0.1) is 5.56 Å². The van der Waals surface area contributed by atoms with Crippen LogP contribution >= 0.6 is 24.8 Å². The van der Waals surface area contributed by atoms with Gasteiger partial charge in [-0.3, -0.25) is 9.69 Å². The molecular formula is C18H28Cl2F3N3O. The third-order valence-corrected chi connectivity index (χ3v) is 4.93. The number of rotatable bonds is 5. The molecule has 3 N–H and O–H groups in total. The molecule has 2 rings (SSSR count). The highest BCUT2D eigenvalue weighted by Gasteiger charge is 2.33. The molecular weight excluding hydrogens is 402 g/mol. The standard InChI is InChI=1S/C18H26F3N3O.2ClH/c1-12(10-22)17(25)23-11-14-4-3-9-24(2)16(14)13-5-7-15(8-6-13)18(19,20)21;;/h5-8,12,14,16H,3-4,9-11,22H2,1-2H3,(H,23,25);2*1H. The molecule has 156 valence electrons. The summed E-state index contributed by atoms with van der Waals surface area (Å²) in [4.78, 5) is 14.1. The van der Waals surface area contributed by atoms with Gasteiger partial charge < -0.3 is 11.1 Å². The molecule has 1 aliphatic heterocycles. The van der Waals surface area contributed by atoms with Crippen molar-refractivity contribution < 1.29 is 18.0 Å². The normalized spacial score (nSPS) is 21.6. The van der Waals surface area contributed by atoms with E-state index in [9.17, 15) is 18.0 Å². The number of benzene rings is 1. The third-order valence-electron chi connectivity index (χ3n) is 4.93. The molecule has 3 unspecified atom stereocenters. The first-order valence-electron chi connectivity index (χ1n) is 8.59. The molecule has 0 spiro atoms. The van der Waals surface area contributed by atoms with Gasteiger partial charge in [0.15, 0.2) is 0 Å². The predicted octanol–water partition coefficient (Wildman–Crippen LogP) is 3.64. The van der Waals surface area contributed by atoms with Crippen molar-refractivity contribution in [1.29, 1.82) is 0 Å². The second-order valence-electron chi connectivity index (χ2n) is 6.83. The van der Waals surface area contributed by atoms with E-state index in [1.807, 2.05) is 7.05 Å². The largest absolute Gasteiger partial charge is 0.416 e. The van der Waals surface area contributed by atoms with E-state index in [1.54, 1.807) is 19.1 Å². The quantitative estimate of drug-likeness (QED) is 0.750. The van der Waals surface area contributed by atoms with Gasteiger partial charge in [-0.25, -0.2) is 0 Å². The zero-order chi connectivity index (χ0) is 18.6. The molecule has 1 amide bonds. The lowest BCUT2D eigenvalue weighted by molar-refractivity contribution is -0.137. The number of carbonyl (C=O) groups excluding carboxylic acids is 1. The van der Waals surface area contributed by atoms with Crippen LogP contribution in [0.15, 0.2) is 24.3 Å². The zero-order valence-corrected chi connectivity index (χ0v) is 17.1. The molecule has 1 aromatic rings. The Bertz CT molecular complexity index is 584. The molecule has 0 aliphatic carbocycles. The lowest BCUT2D eigenvalue weighted by Gasteiger charge is -2.40. The van der Waals surface area contributed by atoms with E-state index in [4.69, 9.17) is 5.73 Å². The van der Waals surface area contributed by atoms with Crippen LogP contribution in [0.2, 0.25) is 0 Å². The molecule has 1 saturated heterocycles. The maximum absolute atomic E-state index is 12.8. The summed E-state index contributed by atoms with van der Waals surface area (Å²) in [6.45, 7) is 3.45. The minimum Gasteiger partial charge on any atom is -0.355 e. The van der Waals surface area contributed by atoms with Crippen molar-refractivity contribution in [3.63, 3.8) is 0 Å². The van der Waals surface area contributed by atoms with Crippen molar-refractivity contribution in [3.8, 4) is 0 Å². The number of piperidine rings is 1. The lowest BCUT2D eigenvalue weighted by Crippen LogP contribution is -2.43. The molecule has 1 fully saturated rings. The SMILES string of the molecule is CC(CN)C(=O)NCC1CCCN(C)C1c1ccc(C(F)(F)F)cc1.Cl.Cl. The number of nitrogens with two attached hydrogens (primary N) is 1. The van der Waals surface area contributed by atoms with Gasteiger partial charge in [0.25, 0.3) is 0 Å². The van der Waals surface area contributed by atoms with Crippen LogP contribution < -0.4 is 11.1 Å². The summed E-state index contributed by atoms with van der Waals surface area (Å²) in [5.41, 5.74) is 5.72. The van der Waals surface area contributed by atoms with E-state index in [0.29, 0.717) is 13.1 Å². The summed E-state index contributed by atoms with van der Waals surface area (Å²) in [5, 5.41) is 2.93. The van der Waals surface area contributed by atoms with E-state index in [-0.39, 0.29) is 48.6 Å². The summed E-state index contributed by atoms with van der Waals surface area (Å²) < 4.78 is 38.3. The maximum atomic E-state index is 12.8. The Kier molecular flexibility index (Phi) is 10.7. The average Bonchev–Trinajstić information content (AvgIpc) is 2.58. The number of carbonyl (C=O) groups is 1. The third kappa shape index (κ3) is 6.82. The molecule has 1 heterocycles. The molecule has 0 aromatic heterocycles. The summed E-state index contributed by atoms with van der Waals surface area (Å²) in [6.07, 6.45) is -2.41. The second kappa shape index (κ2) is 11.1. The molecule has 1 aromatic carbocycles. The molecule has 0 radical (unpaired) electrons. The number of nitrogens with zero attached hydrogens (tertiary/aromatic N) is 1. The van der Waals surface area contributed by atoms with Crippen molar-refractivity contribution in [3.05, 3.63) is 35.4 Å². The van der Waals surface area contributed by atoms with Crippen LogP contribution in [0.3, 0.4) is 0 Å². The first-order valence-corrected chi connectivity index (χ1v) is 8.59. The summed E-state index contributed by atoms with van der Waals surface area (Å²) >= 11 is 0. The number of hydrogen-bond acceptors (Lipinski definition) is 3. The van der Waals surface area contributed by atoms with Crippen LogP contribution in [0.4, 0.5) is 13.2 Å². The van der Waals surface area contributed by atoms with Crippen LogP contribution in [0.1, 0.15) is 36.9 Å². The molecule has 0 saturated carbocycles. The van der Waals surface area contributed by atoms with E-state index in [1.165, 1.54) is 0 Å². The first kappa shape index (κ1) is 26.0.